The monoisotopic (exact) mass is 193 g/mol. The van der Waals surface area contributed by atoms with E-state index in [1.54, 1.807) is 18.2 Å². The topological polar surface area (TPSA) is 32.6 Å². The van der Waals surface area contributed by atoms with Crippen LogP contribution in [0.25, 0.3) is 0 Å². The molecule has 0 spiro atoms. The minimum atomic E-state index is -0.475. The Morgan fingerprint density at radius 2 is 2.29 bits per heavy atom. The van der Waals surface area contributed by atoms with Gasteiger partial charge in [-0.1, -0.05) is 23.4 Å². The molecule has 0 heterocycles. The molecule has 1 fully saturated rings. The number of rotatable bonds is 3. The van der Waals surface area contributed by atoms with Crippen LogP contribution < -0.4 is 0 Å². The van der Waals surface area contributed by atoms with Crippen molar-refractivity contribution in [2.75, 3.05) is 0 Å². The van der Waals surface area contributed by atoms with Crippen molar-refractivity contribution >= 4 is 5.71 Å². The van der Waals surface area contributed by atoms with E-state index < -0.39 is 6.67 Å². The molecule has 74 valence electrons. The molecular formula is C11H12FNO. The number of oxime groups is 1. The molecule has 1 saturated carbocycles. The van der Waals surface area contributed by atoms with Crippen molar-refractivity contribution in [2.24, 2.45) is 11.1 Å². The first-order valence-electron chi connectivity index (χ1n) is 4.72. The summed E-state index contributed by atoms with van der Waals surface area (Å²) in [7, 11) is 0. The van der Waals surface area contributed by atoms with E-state index in [1.165, 1.54) is 0 Å². The van der Waals surface area contributed by atoms with Crippen LogP contribution in [-0.2, 0) is 6.67 Å². The number of hydrogen-bond donors (Lipinski definition) is 1. The summed E-state index contributed by atoms with van der Waals surface area (Å²) in [5, 5.41) is 12.1. The van der Waals surface area contributed by atoms with E-state index in [4.69, 9.17) is 5.21 Å². The Hall–Kier alpha value is -1.38. The third kappa shape index (κ3) is 1.76. The number of nitrogens with zero attached hydrogens (tertiary/aromatic N) is 1. The smallest absolute Gasteiger partial charge is 0.115 e. The summed E-state index contributed by atoms with van der Waals surface area (Å²) in [6, 6.07) is 7.11. The van der Waals surface area contributed by atoms with Crippen LogP contribution in [0, 0.1) is 5.92 Å². The zero-order valence-electron chi connectivity index (χ0n) is 7.78. The Morgan fingerprint density at radius 1 is 1.50 bits per heavy atom. The van der Waals surface area contributed by atoms with E-state index in [0.29, 0.717) is 17.2 Å². The zero-order valence-corrected chi connectivity index (χ0v) is 7.78. The Kier molecular flexibility index (Phi) is 2.48. The van der Waals surface area contributed by atoms with Crippen LogP contribution in [0.5, 0.6) is 0 Å². The van der Waals surface area contributed by atoms with E-state index >= 15 is 0 Å². The molecular weight excluding hydrogens is 181 g/mol. The van der Waals surface area contributed by atoms with Gasteiger partial charge in [0.15, 0.2) is 0 Å². The largest absolute Gasteiger partial charge is 0.411 e. The highest BCUT2D eigenvalue weighted by molar-refractivity contribution is 6.03. The van der Waals surface area contributed by atoms with Crippen LogP contribution in [0.15, 0.2) is 29.4 Å². The molecule has 2 nitrogen and oxygen atoms in total. The highest BCUT2D eigenvalue weighted by Crippen LogP contribution is 2.33. The van der Waals surface area contributed by atoms with Crippen molar-refractivity contribution in [3.05, 3.63) is 35.4 Å². The van der Waals surface area contributed by atoms with E-state index in [9.17, 15) is 4.39 Å². The second-order valence-corrected chi connectivity index (χ2v) is 3.59. The highest BCUT2D eigenvalue weighted by Gasteiger charge is 2.29. The van der Waals surface area contributed by atoms with Gasteiger partial charge < -0.3 is 5.21 Å². The Morgan fingerprint density at radius 3 is 2.86 bits per heavy atom. The SMILES string of the molecule is ON=C(c1cccc(CF)c1)C1CC1. The molecule has 3 heteroatoms. The van der Waals surface area contributed by atoms with Crippen LogP contribution in [0.4, 0.5) is 4.39 Å². The fourth-order valence-electron chi connectivity index (χ4n) is 1.55. The molecule has 1 aliphatic rings. The van der Waals surface area contributed by atoms with Gasteiger partial charge in [-0.2, -0.15) is 0 Å². The second kappa shape index (κ2) is 3.78. The fourth-order valence-corrected chi connectivity index (χ4v) is 1.55. The van der Waals surface area contributed by atoms with Crippen molar-refractivity contribution < 1.29 is 9.60 Å². The maximum Gasteiger partial charge on any atom is 0.115 e. The number of halogens is 1. The minimum Gasteiger partial charge on any atom is -0.411 e. The summed E-state index contributed by atoms with van der Waals surface area (Å²) in [5.41, 5.74) is 2.16. The van der Waals surface area contributed by atoms with Gasteiger partial charge in [0.05, 0.1) is 5.71 Å². The van der Waals surface area contributed by atoms with Gasteiger partial charge in [0.25, 0.3) is 0 Å². The van der Waals surface area contributed by atoms with Crippen molar-refractivity contribution in [3.8, 4) is 0 Å². The van der Waals surface area contributed by atoms with Crippen LogP contribution >= 0.6 is 0 Å². The molecule has 1 aliphatic carbocycles. The van der Waals surface area contributed by atoms with Crippen molar-refractivity contribution in [1.82, 2.24) is 0 Å². The lowest BCUT2D eigenvalue weighted by atomic mass is 10.0. The Balaban J connectivity index is 2.29. The number of hydrogen-bond acceptors (Lipinski definition) is 2. The average molecular weight is 193 g/mol. The third-order valence-electron chi connectivity index (χ3n) is 2.45. The molecule has 1 aromatic carbocycles. The van der Waals surface area contributed by atoms with Crippen molar-refractivity contribution in [3.63, 3.8) is 0 Å². The fraction of sp³-hybridized carbons (Fsp3) is 0.364. The summed E-state index contributed by atoms with van der Waals surface area (Å²) in [6.45, 7) is -0.475. The van der Waals surface area contributed by atoms with Crippen molar-refractivity contribution in [1.29, 1.82) is 0 Å². The van der Waals surface area contributed by atoms with Crippen LogP contribution in [0.2, 0.25) is 0 Å². The molecule has 0 amide bonds. The first kappa shape index (κ1) is 9.19. The van der Waals surface area contributed by atoms with Gasteiger partial charge in [0.1, 0.15) is 6.67 Å². The Bertz CT molecular complexity index is 358. The van der Waals surface area contributed by atoms with Gasteiger partial charge in [-0.3, -0.25) is 0 Å². The molecule has 0 atom stereocenters. The molecule has 0 aromatic heterocycles. The Labute approximate surface area is 82.1 Å². The van der Waals surface area contributed by atoms with E-state index in [1.807, 2.05) is 6.07 Å². The summed E-state index contributed by atoms with van der Waals surface area (Å²) >= 11 is 0. The molecule has 14 heavy (non-hydrogen) atoms. The van der Waals surface area contributed by atoms with E-state index in [-0.39, 0.29) is 0 Å². The lowest BCUT2D eigenvalue weighted by Gasteiger charge is -2.03. The summed E-state index contributed by atoms with van der Waals surface area (Å²) < 4.78 is 12.4. The first-order valence-corrected chi connectivity index (χ1v) is 4.72. The molecule has 2 rings (SSSR count). The summed E-state index contributed by atoms with van der Waals surface area (Å²) in [6.07, 6.45) is 2.14. The molecule has 0 radical (unpaired) electrons. The summed E-state index contributed by atoms with van der Waals surface area (Å²) in [4.78, 5) is 0. The lowest BCUT2D eigenvalue weighted by Crippen LogP contribution is -2.03. The minimum absolute atomic E-state index is 0.370. The predicted octanol–water partition coefficient (Wildman–Crippen LogP) is 2.74. The maximum absolute atomic E-state index is 12.4. The molecule has 0 bridgehead atoms. The van der Waals surface area contributed by atoms with E-state index in [2.05, 4.69) is 5.16 Å². The second-order valence-electron chi connectivity index (χ2n) is 3.59. The predicted molar refractivity (Wildman–Crippen MR) is 52.3 cm³/mol. The quantitative estimate of drug-likeness (QED) is 0.447. The molecule has 1 N–H and O–H groups in total. The maximum atomic E-state index is 12.4. The van der Waals surface area contributed by atoms with Crippen molar-refractivity contribution in [2.45, 2.75) is 19.5 Å². The van der Waals surface area contributed by atoms with Gasteiger partial charge in [0, 0.05) is 5.92 Å². The average Bonchev–Trinajstić information content (AvgIpc) is 3.04. The zero-order chi connectivity index (χ0) is 9.97. The molecule has 0 unspecified atom stereocenters. The molecule has 1 aromatic rings. The lowest BCUT2D eigenvalue weighted by molar-refractivity contribution is 0.317. The number of alkyl halides is 1. The van der Waals surface area contributed by atoms with Gasteiger partial charge >= 0.3 is 0 Å². The standard InChI is InChI=1S/C11H12FNO/c12-7-8-2-1-3-10(6-8)11(13-14)9-4-5-9/h1-3,6,9,14H,4-5,7H2. The normalized spacial score (nSPS) is 17.1. The van der Waals surface area contributed by atoms with Gasteiger partial charge in [-0.25, -0.2) is 4.39 Å². The van der Waals surface area contributed by atoms with Gasteiger partial charge in [0.2, 0.25) is 0 Å². The molecule has 0 saturated heterocycles. The highest BCUT2D eigenvalue weighted by atomic mass is 19.1. The summed E-state index contributed by atoms with van der Waals surface area (Å²) in [5.74, 6) is 0.370. The number of benzene rings is 1. The third-order valence-corrected chi connectivity index (χ3v) is 2.45. The van der Waals surface area contributed by atoms with Crippen LogP contribution in [0.1, 0.15) is 24.0 Å². The van der Waals surface area contributed by atoms with Gasteiger partial charge in [-0.15, -0.1) is 0 Å². The first-order chi connectivity index (χ1) is 6.85. The van der Waals surface area contributed by atoms with E-state index in [0.717, 1.165) is 18.4 Å². The van der Waals surface area contributed by atoms with Crippen LogP contribution in [-0.4, -0.2) is 10.9 Å². The van der Waals surface area contributed by atoms with Crippen LogP contribution in [0.3, 0.4) is 0 Å². The van der Waals surface area contributed by atoms with Gasteiger partial charge in [-0.05, 0) is 30.0 Å². The molecule has 0 aliphatic heterocycles.